The number of aryl methyl sites for hydroxylation is 2. The molecule has 1 aliphatic rings. The Bertz CT molecular complexity index is 832. The van der Waals surface area contributed by atoms with E-state index in [1.807, 2.05) is 19.1 Å². The Labute approximate surface area is 156 Å². The number of carbonyl (C=O) groups is 2. The third-order valence-electron chi connectivity index (χ3n) is 4.67. The first-order valence-corrected chi connectivity index (χ1v) is 8.77. The fraction of sp³-hybridized carbons (Fsp3) is 0.300. The first-order chi connectivity index (χ1) is 12.3. The molecule has 1 heterocycles. The Kier molecular flexibility index (Phi) is 5.12. The van der Waals surface area contributed by atoms with Crippen LogP contribution in [0.15, 0.2) is 42.5 Å². The van der Waals surface area contributed by atoms with Gasteiger partial charge in [-0.1, -0.05) is 29.3 Å². The standard InChI is InChI=1S/C20H19ClFNO3/c1-13-2-5-17(6-3-13)23-9-8-20(26,19(23)25)18(24)7-4-14-10-15(21)12-16(22)11-14/h2-3,5-6,10-12,26H,4,7-9H2,1H3/t20-/m1/s1. The van der Waals surface area contributed by atoms with Crippen LogP contribution in [0.2, 0.25) is 5.02 Å². The number of carbonyl (C=O) groups excluding carboxylic acids is 2. The van der Waals surface area contributed by atoms with Gasteiger partial charge in [-0.05, 0) is 49.2 Å². The van der Waals surface area contributed by atoms with Crippen LogP contribution in [0, 0.1) is 12.7 Å². The topological polar surface area (TPSA) is 57.6 Å². The summed E-state index contributed by atoms with van der Waals surface area (Å²) in [5.74, 6) is -1.65. The van der Waals surface area contributed by atoms with Gasteiger partial charge in [0, 0.05) is 30.1 Å². The molecule has 1 N–H and O–H groups in total. The Hall–Kier alpha value is -2.24. The van der Waals surface area contributed by atoms with Gasteiger partial charge >= 0.3 is 0 Å². The van der Waals surface area contributed by atoms with Gasteiger partial charge in [0.1, 0.15) is 5.82 Å². The lowest BCUT2D eigenvalue weighted by molar-refractivity contribution is -0.147. The lowest BCUT2D eigenvalue weighted by atomic mass is 9.92. The zero-order chi connectivity index (χ0) is 18.9. The Morgan fingerprint density at radius 1 is 1.27 bits per heavy atom. The van der Waals surface area contributed by atoms with Crippen LogP contribution in [-0.4, -0.2) is 28.9 Å². The molecule has 0 spiro atoms. The van der Waals surface area contributed by atoms with Crippen molar-refractivity contribution < 1.29 is 19.1 Å². The van der Waals surface area contributed by atoms with E-state index in [9.17, 15) is 19.1 Å². The van der Waals surface area contributed by atoms with Crippen LogP contribution >= 0.6 is 11.6 Å². The van der Waals surface area contributed by atoms with Crippen molar-refractivity contribution in [3.8, 4) is 0 Å². The van der Waals surface area contributed by atoms with Crippen LogP contribution in [0.1, 0.15) is 24.0 Å². The van der Waals surface area contributed by atoms with Crippen molar-refractivity contribution in [2.45, 2.75) is 31.8 Å². The van der Waals surface area contributed by atoms with Gasteiger partial charge in [-0.15, -0.1) is 0 Å². The van der Waals surface area contributed by atoms with E-state index in [0.717, 1.165) is 5.56 Å². The van der Waals surface area contributed by atoms with Crippen LogP contribution in [0.4, 0.5) is 10.1 Å². The van der Waals surface area contributed by atoms with E-state index in [4.69, 9.17) is 11.6 Å². The second-order valence-electron chi connectivity index (χ2n) is 6.60. The molecule has 136 valence electrons. The van der Waals surface area contributed by atoms with E-state index in [1.165, 1.54) is 17.0 Å². The monoisotopic (exact) mass is 375 g/mol. The number of aliphatic hydroxyl groups is 1. The van der Waals surface area contributed by atoms with Gasteiger partial charge in [0.2, 0.25) is 5.60 Å². The van der Waals surface area contributed by atoms with Gasteiger partial charge in [-0.3, -0.25) is 9.59 Å². The van der Waals surface area contributed by atoms with E-state index in [1.54, 1.807) is 18.2 Å². The van der Waals surface area contributed by atoms with Gasteiger partial charge in [0.05, 0.1) is 0 Å². The molecule has 0 aliphatic carbocycles. The molecular formula is C20H19ClFNO3. The highest BCUT2D eigenvalue weighted by atomic mass is 35.5. The number of hydrogen-bond donors (Lipinski definition) is 1. The molecule has 4 nitrogen and oxygen atoms in total. The predicted octanol–water partition coefficient (Wildman–Crippen LogP) is 3.46. The molecule has 1 aliphatic heterocycles. The average Bonchev–Trinajstić information content (AvgIpc) is 2.89. The van der Waals surface area contributed by atoms with Crippen molar-refractivity contribution >= 4 is 29.0 Å². The summed E-state index contributed by atoms with van der Waals surface area (Å²) in [5.41, 5.74) is 0.233. The van der Waals surface area contributed by atoms with E-state index in [-0.39, 0.29) is 30.8 Å². The summed E-state index contributed by atoms with van der Waals surface area (Å²) in [5, 5.41) is 10.9. The van der Waals surface area contributed by atoms with Crippen molar-refractivity contribution in [2.24, 2.45) is 0 Å². The Balaban J connectivity index is 1.70. The van der Waals surface area contributed by atoms with Crippen molar-refractivity contribution in [3.63, 3.8) is 0 Å². The first kappa shape index (κ1) is 18.5. The highest BCUT2D eigenvalue weighted by Crippen LogP contribution is 2.30. The molecule has 6 heteroatoms. The van der Waals surface area contributed by atoms with Crippen molar-refractivity contribution in [1.82, 2.24) is 0 Å². The maximum Gasteiger partial charge on any atom is 0.266 e. The highest BCUT2D eigenvalue weighted by Gasteiger charge is 2.50. The molecule has 0 unspecified atom stereocenters. The number of rotatable bonds is 5. The summed E-state index contributed by atoms with van der Waals surface area (Å²) in [7, 11) is 0. The molecule has 2 aromatic carbocycles. The van der Waals surface area contributed by atoms with E-state index < -0.39 is 23.1 Å². The lowest BCUT2D eigenvalue weighted by Gasteiger charge is -2.21. The first-order valence-electron chi connectivity index (χ1n) is 8.39. The lowest BCUT2D eigenvalue weighted by Crippen LogP contribution is -2.47. The van der Waals surface area contributed by atoms with Crippen LogP contribution in [0.3, 0.4) is 0 Å². The molecule has 0 radical (unpaired) electrons. The Morgan fingerprint density at radius 3 is 2.62 bits per heavy atom. The van der Waals surface area contributed by atoms with Crippen molar-refractivity contribution in [2.75, 3.05) is 11.4 Å². The minimum Gasteiger partial charge on any atom is -0.373 e. The minimum absolute atomic E-state index is 0.0441. The summed E-state index contributed by atoms with van der Waals surface area (Å²) in [6, 6.07) is 11.4. The minimum atomic E-state index is -2.03. The summed E-state index contributed by atoms with van der Waals surface area (Å²) in [6.07, 6.45) is 0.183. The van der Waals surface area contributed by atoms with Gasteiger partial charge in [-0.2, -0.15) is 0 Å². The molecule has 1 fully saturated rings. The molecule has 2 aromatic rings. The van der Waals surface area contributed by atoms with Crippen LogP contribution in [0.5, 0.6) is 0 Å². The van der Waals surface area contributed by atoms with Gasteiger partial charge < -0.3 is 10.0 Å². The highest BCUT2D eigenvalue weighted by molar-refractivity contribution is 6.30. The number of ketones is 1. The van der Waals surface area contributed by atoms with E-state index in [0.29, 0.717) is 11.3 Å². The van der Waals surface area contributed by atoms with Crippen molar-refractivity contribution in [1.29, 1.82) is 0 Å². The fourth-order valence-electron chi connectivity index (χ4n) is 3.16. The van der Waals surface area contributed by atoms with Crippen LogP contribution < -0.4 is 4.90 Å². The third-order valence-corrected chi connectivity index (χ3v) is 4.88. The number of halogens is 2. The molecule has 1 atom stereocenters. The molecule has 1 amide bonds. The largest absolute Gasteiger partial charge is 0.373 e. The predicted molar refractivity (Wildman–Crippen MR) is 97.8 cm³/mol. The van der Waals surface area contributed by atoms with Gasteiger partial charge in [-0.25, -0.2) is 4.39 Å². The number of hydrogen-bond acceptors (Lipinski definition) is 3. The van der Waals surface area contributed by atoms with Crippen LogP contribution in [0.25, 0.3) is 0 Å². The Morgan fingerprint density at radius 2 is 1.96 bits per heavy atom. The second-order valence-corrected chi connectivity index (χ2v) is 7.04. The number of amides is 1. The summed E-state index contributed by atoms with van der Waals surface area (Å²) in [6.45, 7) is 2.21. The maximum absolute atomic E-state index is 13.4. The van der Waals surface area contributed by atoms with Gasteiger partial charge in [0.15, 0.2) is 5.78 Å². The van der Waals surface area contributed by atoms with E-state index >= 15 is 0 Å². The molecule has 3 rings (SSSR count). The SMILES string of the molecule is Cc1ccc(N2CC[C@@](O)(C(=O)CCc3cc(F)cc(Cl)c3)C2=O)cc1. The third kappa shape index (κ3) is 3.64. The molecule has 0 bridgehead atoms. The van der Waals surface area contributed by atoms with Crippen molar-refractivity contribution in [3.05, 3.63) is 64.4 Å². The number of nitrogens with zero attached hydrogens (tertiary/aromatic N) is 1. The molecule has 1 saturated heterocycles. The smallest absolute Gasteiger partial charge is 0.266 e. The second kappa shape index (κ2) is 7.17. The van der Waals surface area contributed by atoms with E-state index in [2.05, 4.69) is 0 Å². The number of benzene rings is 2. The average molecular weight is 376 g/mol. The quantitative estimate of drug-likeness (QED) is 0.814. The zero-order valence-electron chi connectivity index (χ0n) is 14.3. The van der Waals surface area contributed by atoms with Crippen LogP contribution in [-0.2, 0) is 16.0 Å². The maximum atomic E-state index is 13.4. The number of Topliss-reactive ketones (excluding diaryl/α,β-unsaturated/α-hetero) is 1. The molecule has 0 aromatic heterocycles. The summed E-state index contributed by atoms with van der Waals surface area (Å²) >= 11 is 5.81. The zero-order valence-corrected chi connectivity index (χ0v) is 15.1. The normalized spacial score (nSPS) is 19.8. The van der Waals surface area contributed by atoms with Gasteiger partial charge in [0.25, 0.3) is 5.91 Å². The number of anilines is 1. The molecule has 0 saturated carbocycles. The summed E-state index contributed by atoms with van der Waals surface area (Å²) < 4.78 is 13.4. The summed E-state index contributed by atoms with van der Waals surface area (Å²) in [4.78, 5) is 26.6. The fourth-order valence-corrected chi connectivity index (χ4v) is 3.40. The molecular weight excluding hydrogens is 357 g/mol. The molecule has 26 heavy (non-hydrogen) atoms.